The molecule has 0 spiro atoms. The second kappa shape index (κ2) is 4.72. The van der Waals surface area contributed by atoms with Gasteiger partial charge in [0, 0.05) is 6.54 Å². The molecule has 1 N–H and O–H groups in total. The largest absolute Gasteiger partial charge is 0.481 e. The second-order valence-electron chi connectivity index (χ2n) is 6.11. The minimum absolute atomic E-state index is 0.0350. The van der Waals surface area contributed by atoms with E-state index in [9.17, 15) is 19.5 Å². The maximum Gasteiger partial charge on any atom is 0.308 e. The Hall–Kier alpha value is -1.65. The Morgan fingerprint density at radius 3 is 2.30 bits per heavy atom. The Morgan fingerprint density at radius 1 is 1.30 bits per heavy atom. The fraction of sp³-hybridized carbons (Fsp3) is 0.667. The van der Waals surface area contributed by atoms with E-state index in [-0.39, 0.29) is 42.0 Å². The van der Waals surface area contributed by atoms with Gasteiger partial charge in [0.25, 0.3) is 0 Å². The first-order valence-corrected chi connectivity index (χ1v) is 7.31. The van der Waals surface area contributed by atoms with Crippen molar-refractivity contribution in [3.63, 3.8) is 0 Å². The van der Waals surface area contributed by atoms with Crippen LogP contribution in [0.15, 0.2) is 12.2 Å². The minimum atomic E-state index is -0.925. The monoisotopic (exact) mass is 277 g/mol. The fourth-order valence-corrected chi connectivity index (χ4v) is 4.01. The van der Waals surface area contributed by atoms with Crippen molar-refractivity contribution in [2.24, 2.45) is 29.6 Å². The first kappa shape index (κ1) is 13.3. The third kappa shape index (κ3) is 1.79. The molecule has 2 fully saturated rings. The van der Waals surface area contributed by atoms with Crippen LogP contribution in [0.4, 0.5) is 0 Å². The van der Waals surface area contributed by atoms with Gasteiger partial charge in [-0.15, -0.1) is 0 Å². The van der Waals surface area contributed by atoms with Gasteiger partial charge in [-0.2, -0.15) is 0 Å². The van der Waals surface area contributed by atoms with Crippen LogP contribution in [0.1, 0.15) is 26.2 Å². The number of allylic oxidation sites excluding steroid dienone is 2. The van der Waals surface area contributed by atoms with E-state index < -0.39 is 11.9 Å². The summed E-state index contributed by atoms with van der Waals surface area (Å²) in [5.41, 5.74) is 0. The summed E-state index contributed by atoms with van der Waals surface area (Å²) >= 11 is 0. The SMILES string of the molecule is CCCC(CN1C(=O)C2C3C=CC(C3)C2C1=O)C(=O)O. The Balaban J connectivity index is 1.77. The molecular formula is C15H19NO4. The molecule has 3 aliphatic rings. The van der Waals surface area contributed by atoms with Crippen LogP contribution >= 0.6 is 0 Å². The quantitative estimate of drug-likeness (QED) is 0.607. The Kier molecular flexibility index (Phi) is 3.15. The maximum absolute atomic E-state index is 12.4. The van der Waals surface area contributed by atoms with Crippen LogP contribution < -0.4 is 0 Å². The molecule has 5 heteroatoms. The number of aliphatic carboxylic acids is 1. The number of hydrogen-bond acceptors (Lipinski definition) is 3. The highest BCUT2D eigenvalue weighted by molar-refractivity contribution is 6.06. The van der Waals surface area contributed by atoms with Gasteiger partial charge in [0.15, 0.2) is 0 Å². The molecule has 5 unspecified atom stereocenters. The molecular weight excluding hydrogens is 258 g/mol. The number of carboxylic acid groups (broad SMARTS) is 1. The Labute approximate surface area is 117 Å². The van der Waals surface area contributed by atoms with Gasteiger partial charge in [-0.05, 0) is 24.7 Å². The lowest BCUT2D eigenvalue weighted by Gasteiger charge is -2.21. The van der Waals surface area contributed by atoms with Crippen LogP contribution in [0, 0.1) is 29.6 Å². The number of imide groups is 1. The van der Waals surface area contributed by atoms with Crippen molar-refractivity contribution in [1.29, 1.82) is 0 Å². The summed E-state index contributed by atoms with van der Waals surface area (Å²) in [6.07, 6.45) is 6.21. The molecule has 0 aromatic rings. The summed E-state index contributed by atoms with van der Waals surface area (Å²) in [5, 5.41) is 9.19. The zero-order valence-electron chi connectivity index (χ0n) is 11.5. The van der Waals surface area contributed by atoms with E-state index in [0.29, 0.717) is 6.42 Å². The second-order valence-corrected chi connectivity index (χ2v) is 6.11. The van der Waals surface area contributed by atoms with E-state index in [1.807, 2.05) is 19.1 Å². The molecule has 20 heavy (non-hydrogen) atoms. The van der Waals surface area contributed by atoms with Crippen LogP contribution in [0.25, 0.3) is 0 Å². The lowest BCUT2D eigenvalue weighted by Crippen LogP contribution is -2.39. The van der Waals surface area contributed by atoms with Gasteiger partial charge in [-0.3, -0.25) is 19.3 Å². The number of carboxylic acids is 1. The average molecular weight is 277 g/mol. The summed E-state index contributed by atoms with van der Waals surface area (Å²) in [6.45, 7) is 1.94. The topological polar surface area (TPSA) is 74.7 Å². The Morgan fingerprint density at radius 2 is 1.85 bits per heavy atom. The maximum atomic E-state index is 12.4. The third-order valence-corrected chi connectivity index (χ3v) is 4.95. The molecule has 5 atom stereocenters. The summed E-state index contributed by atoms with van der Waals surface area (Å²) < 4.78 is 0. The van der Waals surface area contributed by atoms with E-state index in [2.05, 4.69) is 0 Å². The van der Waals surface area contributed by atoms with Crippen molar-refractivity contribution in [2.45, 2.75) is 26.2 Å². The number of rotatable bonds is 5. The van der Waals surface area contributed by atoms with Crippen LogP contribution in [0.5, 0.6) is 0 Å². The number of carbonyl (C=O) groups is 3. The Bertz CT molecular complexity index is 468. The van der Waals surface area contributed by atoms with Crippen molar-refractivity contribution in [1.82, 2.24) is 4.90 Å². The molecule has 2 amide bonds. The molecule has 1 heterocycles. The van der Waals surface area contributed by atoms with E-state index in [1.165, 1.54) is 4.90 Å². The molecule has 0 aromatic carbocycles. The lowest BCUT2D eigenvalue weighted by atomic mass is 9.85. The van der Waals surface area contributed by atoms with Crippen molar-refractivity contribution in [3.05, 3.63) is 12.2 Å². The average Bonchev–Trinajstić information content (AvgIpc) is 3.06. The molecule has 1 saturated heterocycles. The predicted octanol–water partition coefficient (Wildman–Crippen LogP) is 1.29. The smallest absolute Gasteiger partial charge is 0.308 e. The number of carbonyl (C=O) groups excluding carboxylic acids is 2. The zero-order valence-corrected chi connectivity index (χ0v) is 11.5. The summed E-state index contributed by atoms with van der Waals surface area (Å²) in [7, 11) is 0. The van der Waals surface area contributed by atoms with Crippen LogP contribution in [0.3, 0.4) is 0 Å². The van der Waals surface area contributed by atoms with Gasteiger partial charge < -0.3 is 5.11 Å². The van der Waals surface area contributed by atoms with E-state index in [1.54, 1.807) is 0 Å². The predicted molar refractivity (Wildman–Crippen MR) is 70.5 cm³/mol. The minimum Gasteiger partial charge on any atom is -0.481 e. The van der Waals surface area contributed by atoms with Crippen molar-refractivity contribution in [2.75, 3.05) is 6.54 Å². The van der Waals surface area contributed by atoms with Gasteiger partial charge in [0.2, 0.25) is 11.8 Å². The summed E-state index contributed by atoms with van der Waals surface area (Å²) in [6, 6.07) is 0. The summed E-state index contributed by atoms with van der Waals surface area (Å²) in [4.78, 5) is 37.3. The highest BCUT2D eigenvalue weighted by atomic mass is 16.4. The molecule has 1 saturated carbocycles. The van der Waals surface area contributed by atoms with Crippen molar-refractivity contribution < 1.29 is 19.5 Å². The van der Waals surface area contributed by atoms with E-state index in [4.69, 9.17) is 0 Å². The van der Waals surface area contributed by atoms with Gasteiger partial charge in [-0.25, -0.2) is 0 Å². The highest BCUT2D eigenvalue weighted by Gasteiger charge is 2.59. The molecule has 0 radical (unpaired) electrons. The standard InChI is InChI=1S/C15H19NO4/c1-2-3-10(15(19)20)7-16-13(17)11-8-4-5-9(6-8)12(11)14(16)18/h4-5,8-12H,2-3,6-7H2,1H3,(H,19,20). The lowest BCUT2D eigenvalue weighted by molar-refractivity contribution is -0.146. The van der Waals surface area contributed by atoms with Crippen LogP contribution in [-0.4, -0.2) is 34.3 Å². The summed E-state index contributed by atoms with van der Waals surface area (Å²) in [5.74, 6) is -1.97. The number of nitrogens with zero attached hydrogens (tertiary/aromatic N) is 1. The number of hydrogen-bond donors (Lipinski definition) is 1. The fourth-order valence-electron chi connectivity index (χ4n) is 4.01. The molecule has 2 aliphatic carbocycles. The van der Waals surface area contributed by atoms with Crippen molar-refractivity contribution in [3.8, 4) is 0 Å². The van der Waals surface area contributed by atoms with E-state index in [0.717, 1.165) is 12.8 Å². The molecule has 1 aliphatic heterocycles. The van der Waals surface area contributed by atoms with Gasteiger partial charge in [0.1, 0.15) is 0 Å². The van der Waals surface area contributed by atoms with Crippen LogP contribution in [0.2, 0.25) is 0 Å². The first-order valence-electron chi connectivity index (χ1n) is 7.31. The molecule has 5 nitrogen and oxygen atoms in total. The number of fused-ring (bicyclic) bond motifs is 5. The van der Waals surface area contributed by atoms with E-state index >= 15 is 0 Å². The van der Waals surface area contributed by atoms with Crippen LogP contribution in [-0.2, 0) is 14.4 Å². The van der Waals surface area contributed by atoms with Gasteiger partial charge >= 0.3 is 5.97 Å². The third-order valence-electron chi connectivity index (χ3n) is 4.95. The molecule has 3 rings (SSSR count). The van der Waals surface area contributed by atoms with Gasteiger partial charge in [-0.1, -0.05) is 25.5 Å². The zero-order chi connectivity index (χ0) is 14.4. The molecule has 108 valence electrons. The molecule has 2 bridgehead atoms. The highest BCUT2D eigenvalue weighted by Crippen LogP contribution is 2.52. The number of likely N-dealkylation sites (tertiary alicyclic amines) is 1. The molecule has 0 aromatic heterocycles. The normalized spacial score (nSPS) is 35.8. The van der Waals surface area contributed by atoms with Crippen molar-refractivity contribution >= 4 is 17.8 Å². The first-order chi connectivity index (χ1) is 9.54. The number of amides is 2. The van der Waals surface area contributed by atoms with Gasteiger partial charge in [0.05, 0.1) is 17.8 Å².